The summed E-state index contributed by atoms with van der Waals surface area (Å²) in [7, 11) is 3.31. The van der Waals surface area contributed by atoms with Crippen molar-refractivity contribution in [3.63, 3.8) is 0 Å². The van der Waals surface area contributed by atoms with E-state index in [1.54, 1.807) is 26.0 Å². The van der Waals surface area contributed by atoms with Crippen LogP contribution in [0.1, 0.15) is 18.9 Å². The van der Waals surface area contributed by atoms with Gasteiger partial charge in [0.2, 0.25) is 11.8 Å². The van der Waals surface area contributed by atoms with Gasteiger partial charge in [0.15, 0.2) is 0 Å². The van der Waals surface area contributed by atoms with E-state index >= 15 is 0 Å². The highest BCUT2D eigenvalue weighted by Crippen LogP contribution is 2.19. The average Bonchev–Trinajstić information content (AvgIpc) is 2.44. The van der Waals surface area contributed by atoms with Crippen molar-refractivity contribution in [2.45, 2.75) is 19.9 Å². The summed E-state index contributed by atoms with van der Waals surface area (Å²) in [6.07, 6.45) is 1.84. The Morgan fingerprint density at radius 2 is 2.05 bits per heavy atom. The van der Waals surface area contributed by atoms with Crippen LogP contribution in [0, 0.1) is 12.3 Å². The van der Waals surface area contributed by atoms with Crippen molar-refractivity contribution in [2.75, 3.05) is 14.2 Å². The van der Waals surface area contributed by atoms with Crippen molar-refractivity contribution in [2.24, 2.45) is 11.7 Å². The molecule has 0 aliphatic rings. The number of hydrogen-bond donors (Lipinski definition) is 1. The minimum Gasteiger partial charge on any atom is -0.496 e. The Labute approximate surface area is 119 Å². The first-order valence-electron chi connectivity index (χ1n) is 6.45. The van der Waals surface area contributed by atoms with Crippen LogP contribution in [0.5, 0.6) is 5.75 Å². The van der Waals surface area contributed by atoms with Crippen LogP contribution in [-0.4, -0.2) is 30.9 Å². The molecule has 5 nitrogen and oxygen atoms in total. The fraction of sp³-hybridized carbons (Fsp3) is 0.400. The van der Waals surface area contributed by atoms with Crippen LogP contribution in [0.15, 0.2) is 24.3 Å². The van der Waals surface area contributed by atoms with Crippen LogP contribution in [-0.2, 0) is 16.1 Å². The summed E-state index contributed by atoms with van der Waals surface area (Å²) < 4.78 is 5.25. The highest BCUT2D eigenvalue weighted by atomic mass is 16.5. The van der Waals surface area contributed by atoms with E-state index in [0.29, 0.717) is 13.0 Å². The Morgan fingerprint density at radius 3 is 2.65 bits per heavy atom. The van der Waals surface area contributed by atoms with Gasteiger partial charge in [-0.15, -0.1) is 0 Å². The highest BCUT2D eigenvalue weighted by Gasteiger charge is 2.15. The largest absolute Gasteiger partial charge is 0.496 e. The molecule has 109 valence electrons. The smallest absolute Gasteiger partial charge is 0.226 e. The monoisotopic (exact) mass is 277 g/mol. The van der Waals surface area contributed by atoms with E-state index in [4.69, 9.17) is 10.5 Å². The van der Waals surface area contributed by atoms with Gasteiger partial charge in [-0.1, -0.05) is 25.1 Å². The standard InChI is InChI=1S/C15H21N2O3/c1-11(15(16)19)8-9-14(18)17(2)10-12-6-4-5-7-13(12)20-3/h4-7,9,11H,8,10H2,1-3H3,(H2,16,19)/t11-/m0/s1. The number of benzene rings is 1. The fourth-order valence-corrected chi connectivity index (χ4v) is 1.72. The average molecular weight is 277 g/mol. The van der Waals surface area contributed by atoms with Crippen LogP contribution < -0.4 is 10.5 Å². The maximum absolute atomic E-state index is 12.0. The van der Waals surface area contributed by atoms with Gasteiger partial charge in [-0.05, 0) is 12.5 Å². The molecule has 1 rings (SSSR count). The van der Waals surface area contributed by atoms with Gasteiger partial charge in [0.1, 0.15) is 5.75 Å². The second kappa shape index (κ2) is 7.53. The fourth-order valence-electron chi connectivity index (χ4n) is 1.72. The summed E-state index contributed by atoms with van der Waals surface area (Å²) in [5, 5.41) is 0. The van der Waals surface area contributed by atoms with Crippen molar-refractivity contribution in [3.05, 3.63) is 36.2 Å². The van der Waals surface area contributed by atoms with E-state index < -0.39 is 5.91 Å². The molecular formula is C15H21N2O3. The minimum absolute atomic E-state index is 0.135. The lowest BCUT2D eigenvalue weighted by atomic mass is 10.0. The lowest BCUT2D eigenvalue weighted by Gasteiger charge is -2.19. The van der Waals surface area contributed by atoms with Crippen LogP contribution in [0.3, 0.4) is 0 Å². The SMILES string of the molecule is COc1ccccc1CN(C)C(=O)[CH]C[C@H](C)C(N)=O. The molecule has 0 heterocycles. The molecule has 2 amide bonds. The number of amides is 2. The summed E-state index contributed by atoms with van der Waals surface area (Å²) in [4.78, 5) is 24.4. The maximum atomic E-state index is 12.0. The molecule has 1 aromatic rings. The lowest BCUT2D eigenvalue weighted by molar-refractivity contribution is -0.127. The first-order valence-corrected chi connectivity index (χ1v) is 6.45. The van der Waals surface area contributed by atoms with Crippen molar-refractivity contribution in [1.82, 2.24) is 4.90 Å². The number of hydrogen-bond acceptors (Lipinski definition) is 3. The van der Waals surface area contributed by atoms with Crippen molar-refractivity contribution in [3.8, 4) is 5.75 Å². The summed E-state index contributed by atoms with van der Waals surface area (Å²) >= 11 is 0. The van der Waals surface area contributed by atoms with Gasteiger partial charge >= 0.3 is 0 Å². The number of nitrogens with zero attached hydrogens (tertiary/aromatic N) is 1. The zero-order valence-electron chi connectivity index (χ0n) is 12.1. The number of ether oxygens (including phenoxy) is 1. The zero-order chi connectivity index (χ0) is 15.1. The summed E-state index contributed by atoms with van der Waals surface area (Å²) in [6, 6.07) is 7.54. The van der Waals surface area contributed by atoms with Crippen molar-refractivity contribution >= 4 is 11.8 Å². The number of methoxy groups -OCH3 is 1. The summed E-state index contributed by atoms with van der Waals surface area (Å²) in [6.45, 7) is 2.15. The molecule has 1 atom stereocenters. The Kier molecular flexibility index (Phi) is 6.03. The molecule has 0 aromatic heterocycles. The molecule has 1 aromatic carbocycles. The molecular weight excluding hydrogens is 256 g/mol. The third-order valence-corrected chi connectivity index (χ3v) is 3.11. The van der Waals surface area contributed by atoms with E-state index in [9.17, 15) is 9.59 Å². The first-order chi connectivity index (χ1) is 9.45. The molecule has 0 aliphatic carbocycles. The van der Waals surface area contributed by atoms with Crippen molar-refractivity contribution < 1.29 is 14.3 Å². The first kappa shape index (κ1) is 16.0. The number of primary amides is 1. The second-order valence-electron chi connectivity index (χ2n) is 4.75. The third kappa shape index (κ3) is 4.57. The van der Waals surface area contributed by atoms with Crippen LogP contribution in [0.4, 0.5) is 0 Å². The predicted molar refractivity (Wildman–Crippen MR) is 76.7 cm³/mol. The number of carbonyl (C=O) groups excluding carboxylic acids is 2. The molecule has 0 fully saturated rings. The van der Waals surface area contributed by atoms with Crippen LogP contribution in [0.2, 0.25) is 0 Å². The topological polar surface area (TPSA) is 72.6 Å². The summed E-state index contributed by atoms with van der Waals surface area (Å²) in [5.41, 5.74) is 6.09. The molecule has 0 aliphatic heterocycles. The maximum Gasteiger partial charge on any atom is 0.226 e. The van der Waals surface area contributed by atoms with Gasteiger partial charge in [-0.25, -0.2) is 0 Å². The van der Waals surface area contributed by atoms with E-state index in [1.165, 1.54) is 6.42 Å². The Hall–Kier alpha value is -2.04. The number of para-hydroxylation sites is 1. The van der Waals surface area contributed by atoms with E-state index in [-0.39, 0.29) is 11.8 Å². The van der Waals surface area contributed by atoms with Crippen LogP contribution in [0.25, 0.3) is 0 Å². The Morgan fingerprint density at radius 1 is 1.40 bits per heavy atom. The van der Waals surface area contributed by atoms with Gasteiger partial charge in [0.05, 0.1) is 13.5 Å². The molecule has 0 bridgehead atoms. The third-order valence-electron chi connectivity index (χ3n) is 3.11. The minimum atomic E-state index is -0.401. The molecule has 0 saturated heterocycles. The van der Waals surface area contributed by atoms with Gasteiger partial charge in [0.25, 0.3) is 0 Å². The van der Waals surface area contributed by atoms with E-state index in [0.717, 1.165) is 11.3 Å². The van der Waals surface area contributed by atoms with Gasteiger partial charge in [-0.2, -0.15) is 0 Å². The second-order valence-corrected chi connectivity index (χ2v) is 4.75. The lowest BCUT2D eigenvalue weighted by Crippen LogP contribution is -2.28. The van der Waals surface area contributed by atoms with E-state index in [1.807, 2.05) is 24.3 Å². The Bertz CT molecular complexity index is 474. The zero-order valence-corrected chi connectivity index (χ0v) is 12.1. The molecule has 0 spiro atoms. The van der Waals surface area contributed by atoms with Crippen LogP contribution >= 0.6 is 0 Å². The normalized spacial score (nSPS) is 11.8. The molecule has 0 unspecified atom stereocenters. The molecule has 1 radical (unpaired) electrons. The Balaban J connectivity index is 2.55. The van der Waals surface area contributed by atoms with Gasteiger partial charge < -0.3 is 15.4 Å². The number of rotatable bonds is 7. The van der Waals surface area contributed by atoms with Gasteiger partial charge in [-0.3, -0.25) is 9.59 Å². The van der Waals surface area contributed by atoms with E-state index in [2.05, 4.69) is 0 Å². The number of carbonyl (C=O) groups is 2. The molecule has 20 heavy (non-hydrogen) atoms. The quantitative estimate of drug-likeness (QED) is 0.818. The summed E-state index contributed by atoms with van der Waals surface area (Å²) in [5.74, 6) is -0.123. The predicted octanol–water partition coefficient (Wildman–Crippen LogP) is 1.37. The highest BCUT2D eigenvalue weighted by molar-refractivity contribution is 5.85. The van der Waals surface area contributed by atoms with Crippen molar-refractivity contribution in [1.29, 1.82) is 0 Å². The molecule has 2 N–H and O–H groups in total. The number of nitrogens with two attached hydrogens (primary N) is 1. The molecule has 0 saturated carbocycles. The molecule has 5 heteroatoms. The van der Waals surface area contributed by atoms with Gasteiger partial charge in [0, 0.05) is 25.1 Å².